The van der Waals surface area contributed by atoms with Crippen LogP contribution in [0.5, 0.6) is 17.2 Å². The van der Waals surface area contributed by atoms with E-state index in [2.05, 4.69) is 20.8 Å². The maximum atomic E-state index is 12.2. The molecular weight excluding hydrogens is 580 g/mol. The van der Waals surface area contributed by atoms with E-state index in [9.17, 15) is 4.79 Å². The fraction of sp³-hybridized carbons (Fsp3) is 0.837. The molecule has 4 nitrogen and oxygen atoms in total. The molecule has 0 aromatic heterocycles. The van der Waals surface area contributed by atoms with Gasteiger partial charge in [-0.1, -0.05) is 194 Å². The Labute approximate surface area is 292 Å². The number of carbonyl (C=O) groups excluding carboxylic acids is 1. The average Bonchev–Trinajstić information content (AvgIpc) is 3.08. The molecule has 0 aliphatic carbocycles. The summed E-state index contributed by atoms with van der Waals surface area (Å²) in [5.41, 5.74) is 0.524. The number of hydrogen-bond acceptors (Lipinski definition) is 4. The van der Waals surface area contributed by atoms with E-state index < -0.39 is 0 Å². The Morgan fingerprint density at radius 2 is 0.638 bits per heavy atom. The van der Waals surface area contributed by atoms with Gasteiger partial charge in [-0.05, 0) is 19.3 Å². The number of aldehydes is 1. The zero-order chi connectivity index (χ0) is 33.9. The quantitative estimate of drug-likeness (QED) is 0.0527. The van der Waals surface area contributed by atoms with E-state index in [1.807, 2.05) is 12.1 Å². The largest absolute Gasteiger partial charge is 0.493 e. The highest BCUT2D eigenvalue weighted by molar-refractivity contribution is 5.84. The van der Waals surface area contributed by atoms with Crippen LogP contribution in [0, 0.1) is 0 Å². The van der Waals surface area contributed by atoms with E-state index in [0.717, 1.165) is 31.3 Å². The lowest BCUT2D eigenvalue weighted by Gasteiger charge is -2.16. The third-order valence-corrected chi connectivity index (χ3v) is 9.47. The van der Waals surface area contributed by atoms with Gasteiger partial charge in [-0.2, -0.15) is 0 Å². The first-order chi connectivity index (χ1) is 23.3. The van der Waals surface area contributed by atoms with Crippen LogP contribution in [0.15, 0.2) is 12.1 Å². The van der Waals surface area contributed by atoms with Crippen molar-refractivity contribution in [3.05, 3.63) is 17.7 Å². The molecule has 0 unspecified atom stereocenters. The average molecular weight is 659 g/mol. The molecule has 0 radical (unpaired) electrons. The third kappa shape index (κ3) is 25.9. The second kappa shape index (κ2) is 34.2. The van der Waals surface area contributed by atoms with Crippen molar-refractivity contribution in [3.63, 3.8) is 0 Å². The predicted molar refractivity (Wildman–Crippen MR) is 204 cm³/mol. The Bertz CT molecular complexity index is 760. The number of unbranched alkanes of at least 4 members (excludes halogenated alkanes) is 27. The minimum absolute atomic E-state index is 0.524. The molecule has 0 saturated carbocycles. The van der Waals surface area contributed by atoms with Crippen molar-refractivity contribution in [3.8, 4) is 17.2 Å². The lowest BCUT2D eigenvalue weighted by Crippen LogP contribution is -2.06. The first-order valence-electron chi connectivity index (χ1n) is 20.8. The van der Waals surface area contributed by atoms with Gasteiger partial charge in [0, 0.05) is 12.1 Å². The van der Waals surface area contributed by atoms with Crippen LogP contribution in [0.1, 0.15) is 224 Å². The van der Waals surface area contributed by atoms with Gasteiger partial charge in [-0.25, -0.2) is 0 Å². The maximum absolute atomic E-state index is 12.2. The molecule has 0 N–H and O–H groups in total. The molecular formula is C43H78O4. The normalized spacial score (nSPS) is 11.2. The molecule has 0 atom stereocenters. The summed E-state index contributed by atoms with van der Waals surface area (Å²) in [6.07, 6.45) is 39.8. The monoisotopic (exact) mass is 659 g/mol. The summed E-state index contributed by atoms with van der Waals surface area (Å²) in [5, 5.41) is 0. The molecule has 0 saturated heterocycles. The highest BCUT2D eigenvalue weighted by Crippen LogP contribution is 2.34. The maximum Gasteiger partial charge on any atom is 0.157 e. The van der Waals surface area contributed by atoms with E-state index >= 15 is 0 Å². The van der Waals surface area contributed by atoms with Gasteiger partial charge in [0.1, 0.15) is 17.2 Å². The Balaban J connectivity index is 2.50. The number of hydrogen-bond donors (Lipinski definition) is 0. The Kier molecular flexibility index (Phi) is 31.5. The summed E-state index contributed by atoms with van der Waals surface area (Å²) in [6.45, 7) is 8.76. The minimum Gasteiger partial charge on any atom is -0.493 e. The van der Waals surface area contributed by atoms with E-state index in [4.69, 9.17) is 14.2 Å². The van der Waals surface area contributed by atoms with Crippen molar-refractivity contribution in [2.45, 2.75) is 213 Å². The fourth-order valence-electron chi connectivity index (χ4n) is 6.34. The zero-order valence-corrected chi connectivity index (χ0v) is 31.7. The van der Waals surface area contributed by atoms with Crippen molar-refractivity contribution >= 4 is 6.29 Å². The van der Waals surface area contributed by atoms with Crippen LogP contribution in [0.4, 0.5) is 0 Å². The van der Waals surface area contributed by atoms with Gasteiger partial charge >= 0.3 is 0 Å². The fourth-order valence-corrected chi connectivity index (χ4v) is 6.34. The Morgan fingerprint density at radius 1 is 0.383 bits per heavy atom. The predicted octanol–water partition coefficient (Wildman–Crippen LogP) is 14.4. The summed E-state index contributed by atoms with van der Waals surface area (Å²) in [7, 11) is 0. The first kappa shape index (κ1) is 43.3. The third-order valence-electron chi connectivity index (χ3n) is 9.47. The van der Waals surface area contributed by atoms with Crippen molar-refractivity contribution < 1.29 is 19.0 Å². The van der Waals surface area contributed by atoms with Gasteiger partial charge in [0.05, 0.1) is 25.4 Å². The van der Waals surface area contributed by atoms with Gasteiger partial charge < -0.3 is 14.2 Å². The van der Waals surface area contributed by atoms with Crippen molar-refractivity contribution in [1.82, 2.24) is 0 Å². The molecule has 274 valence electrons. The second-order valence-corrected chi connectivity index (χ2v) is 14.0. The van der Waals surface area contributed by atoms with E-state index in [1.165, 1.54) is 173 Å². The van der Waals surface area contributed by atoms with Crippen LogP contribution in [0.25, 0.3) is 0 Å². The molecule has 0 fully saturated rings. The number of carbonyl (C=O) groups is 1. The Morgan fingerprint density at radius 3 is 0.915 bits per heavy atom. The van der Waals surface area contributed by atoms with Gasteiger partial charge in [0.25, 0.3) is 0 Å². The zero-order valence-electron chi connectivity index (χ0n) is 31.7. The van der Waals surface area contributed by atoms with Crippen LogP contribution in [-0.2, 0) is 0 Å². The van der Waals surface area contributed by atoms with Gasteiger partial charge in [-0.15, -0.1) is 0 Å². The molecule has 0 spiro atoms. The van der Waals surface area contributed by atoms with Crippen molar-refractivity contribution in [2.75, 3.05) is 19.8 Å². The van der Waals surface area contributed by atoms with Crippen LogP contribution >= 0.6 is 0 Å². The van der Waals surface area contributed by atoms with Gasteiger partial charge in [0.15, 0.2) is 6.29 Å². The van der Waals surface area contributed by atoms with Crippen LogP contribution in [-0.4, -0.2) is 26.1 Å². The molecule has 0 heterocycles. The highest BCUT2D eigenvalue weighted by atomic mass is 16.5. The summed E-state index contributed by atoms with van der Waals surface area (Å²) < 4.78 is 18.6. The van der Waals surface area contributed by atoms with Gasteiger partial charge in [0.2, 0.25) is 0 Å². The molecule has 1 aromatic rings. The Hall–Kier alpha value is -1.71. The highest BCUT2D eigenvalue weighted by Gasteiger charge is 2.15. The summed E-state index contributed by atoms with van der Waals surface area (Å²) in [4.78, 5) is 12.2. The van der Waals surface area contributed by atoms with Crippen molar-refractivity contribution in [2.24, 2.45) is 0 Å². The standard InChI is InChI=1S/C43H78O4/c1-4-7-10-13-16-19-22-25-28-31-34-45-40-37-42(46-35-32-29-26-23-20-17-14-11-8-5-2)41(39-44)43(38-40)47-36-33-30-27-24-21-18-15-12-9-6-3/h37-39H,4-36H2,1-3H3. The SMILES string of the molecule is CCCCCCCCCCCCOc1cc(OCCCCCCCCCCCC)c(C=O)c(OCCCCCCCCCCCC)c1. The topological polar surface area (TPSA) is 44.8 Å². The van der Waals surface area contributed by atoms with E-state index in [-0.39, 0.29) is 0 Å². The lowest BCUT2D eigenvalue weighted by atomic mass is 10.1. The number of ether oxygens (including phenoxy) is 3. The molecule has 0 amide bonds. The molecule has 0 aliphatic heterocycles. The number of benzene rings is 1. The van der Waals surface area contributed by atoms with Crippen LogP contribution in [0.3, 0.4) is 0 Å². The number of rotatable bonds is 37. The van der Waals surface area contributed by atoms with Gasteiger partial charge in [-0.3, -0.25) is 4.79 Å². The molecule has 1 aromatic carbocycles. The lowest BCUT2D eigenvalue weighted by molar-refractivity contribution is 0.111. The van der Waals surface area contributed by atoms with E-state index in [0.29, 0.717) is 36.9 Å². The second-order valence-electron chi connectivity index (χ2n) is 14.0. The summed E-state index contributed by atoms with van der Waals surface area (Å²) >= 11 is 0. The summed E-state index contributed by atoms with van der Waals surface area (Å²) in [6, 6.07) is 3.81. The van der Waals surface area contributed by atoms with E-state index in [1.54, 1.807) is 0 Å². The molecule has 0 bridgehead atoms. The molecule has 0 aliphatic rings. The molecule has 4 heteroatoms. The minimum atomic E-state index is 0.524. The van der Waals surface area contributed by atoms with Crippen molar-refractivity contribution in [1.29, 1.82) is 0 Å². The summed E-state index contributed by atoms with van der Waals surface area (Å²) in [5.74, 6) is 1.96. The van der Waals surface area contributed by atoms with Crippen LogP contribution < -0.4 is 14.2 Å². The molecule has 47 heavy (non-hydrogen) atoms. The smallest absolute Gasteiger partial charge is 0.157 e. The molecule has 1 rings (SSSR count). The first-order valence-corrected chi connectivity index (χ1v) is 20.8. The van der Waals surface area contributed by atoms with Crippen LogP contribution in [0.2, 0.25) is 0 Å².